The van der Waals surface area contributed by atoms with Gasteiger partial charge in [-0.1, -0.05) is 6.92 Å². The summed E-state index contributed by atoms with van der Waals surface area (Å²) >= 11 is 9.14. The Morgan fingerprint density at radius 1 is 1.53 bits per heavy atom. The van der Waals surface area contributed by atoms with Crippen LogP contribution in [0.2, 0.25) is 5.28 Å². The molecule has 0 amide bonds. The van der Waals surface area contributed by atoms with Crippen LogP contribution in [0.5, 0.6) is 0 Å². The maximum atomic E-state index is 5.76. The van der Waals surface area contributed by atoms with Gasteiger partial charge in [0.25, 0.3) is 0 Å². The van der Waals surface area contributed by atoms with Crippen LogP contribution >= 0.6 is 27.5 Å². The van der Waals surface area contributed by atoms with E-state index < -0.39 is 0 Å². The zero-order valence-corrected chi connectivity index (χ0v) is 11.5. The van der Waals surface area contributed by atoms with Crippen molar-refractivity contribution < 1.29 is 0 Å². The van der Waals surface area contributed by atoms with Crippen LogP contribution in [-0.2, 0) is 0 Å². The SMILES string of the molecule is CCC(Nc1nc(Cl)ncc1Br)c1ncc[nH]1. The molecule has 1 atom stereocenters. The number of nitrogens with zero attached hydrogens (tertiary/aromatic N) is 3. The third-order valence-corrected chi connectivity index (χ3v) is 3.05. The summed E-state index contributed by atoms with van der Waals surface area (Å²) in [5, 5.41) is 3.48. The van der Waals surface area contributed by atoms with E-state index in [9.17, 15) is 0 Å². The minimum absolute atomic E-state index is 0.0623. The number of hydrogen-bond acceptors (Lipinski definition) is 4. The van der Waals surface area contributed by atoms with Crippen molar-refractivity contribution in [1.82, 2.24) is 19.9 Å². The second-order valence-electron chi connectivity index (χ2n) is 3.42. The topological polar surface area (TPSA) is 66.5 Å². The molecule has 2 aromatic rings. The van der Waals surface area contributed by atoms with Gasteiger partial charge in [0, 0.05) is 18.6 Å². The lowest BCUT2D eigenvalue weighted by Gasteiger charge is -2.16. The first kappa shape index (κ1) is 12.3. The van der Waals surface area contributed by atoms with Crippen molar-refractivity contribution in [3.63, 3.8) is 0 Å². The van der Waals surface area contributed by atoms with Crippen LogP contribution in [0.4, 0.5) is 5.82 Å². The van der Waals surface area contributed by atoms with Gasteiger partial charge in [-0.3, -0.25) is 0 Å². The monoisotopic (exact) mass is 315 g/mol. The highest BCUT2D eigenvalue weighted by Gasteiger charge is 2.14. The molecular formula is C10H11BrClN5. The van der Waals surface area contributed by atoms with Gasteiger partial charge >= 0.3 is 0 Å². The van der Waals surface area contributed by atoms with Crippen molar-refractivity contribution in [3.8, 4) is 0 Å². The van der Waals surface area contributed by atoms with Gasteiger partial charge < -0.3 is 10.3 Å². The molecule has 0 radical (unpaired) electrons. The summed E-state index contributed by atoms with van der Waals surface area (Å²) in [5.41, 5.74) is 0. The molecule has 0 aliphatic rings. The van der Waals surface area contributed by atoms with Gasteiger partial charge in [0.05, 0.1) is 10.5 Å². The fourth-order valence-electron chi connectivity index (χ4n) is 1.44. The predicted octanol–water partition coefficient (Wildman–Crippen LogP) is 3.18. The molecule has 0 bridgehead atoms. The number of imidazole rings is 1. The maximum Gasteiger partial charge on any atom is 0.224 e. The summed E-state index contributed by atoms with van der Waals surface area (Å²) in [7, 11) is 0. The Kier molecular flexibility index (Phi) is 3.96. The molecule has 0 fully saturated rings. The summed E-state index contributed by atoms with van der Waals surface area (Å²) in [6.45, 7) is 2.07. The Labute approximate surface area is 112 Å². The van der Waals surface area contributed by atoms with Crippen LogP contribution in [0.3, 0.4) is 0 Å². The molecule has 90 valence electrons. The zero-order chi connectivity index (χ0) is 12.3. The van der Waals surface area contributed by atoms with Crippen LogP contribution in [0.15, 0.2) is 23.1 Å². The van der Waals surface area contributed by atoms with E-state index in [1.165, 1.54) is 0 Å². The first-order valence-electron chi connectivity index (χ1n) is 5.14. The van der Waals surface area contributed by atoms with E-state index in [0.717, 1.165) is 16.7 Å². The third kappa shape index (κ3) is 2.95. The first-order chi connectivity index (χ1) is 8.20. The number of rotatable bonds is 4. The van der Waals surface area contributed by atoms with Crippen molar-refractivity contribution in [2.45, 2.75) is 19.4 Å². The van der Waals surface area contributed by atoms with Crippen molar-refractivity contribution in [3.05, 3.63) is 34.2 Å². The number of H-pyrrole nitrogens is 1. The van der Waals surface area contributed by atoms with Crippen LogP contribution < -0.4 is 5.32 Å². The lowest BCUT2D eigenvalue weighted by atomic mass is 10.2. The molecule has 2 rings (SSSR count). The normalized spacial score (nSPS) is 12.4. The third-order valence-electron chi connectivity index (χ3n) is 2.28. The highest BCUT2D eigenvalue weighted by atomic mass is 79.9. The van der Waals surface area contributed by atoms with Gasteiger partial charge in [-0.15, -0.1) is 0 Å². The molecule has 5 nitrogen and oxygen atoms in total. The van der Waals surface area contributed by atoms with Crippen molar-refractivity contribution >= 4 is 33.3 Å². The Morgan fingerprint density at radius 2 is 2.35 bits per heavy atom. The van der Waals surface area contributed by atoms with E-state index in [2.05, 4.69) is 48.1 Å². The van der Waals surface area contributed by atoms with Crippen LogP contribution in [0, 0.1) is 0 Å². The van der Waals surface area contributed by atoms with Crippen LogP contribution in [-0.4, -0.2) is 19.9 Å². The molecule has 2 N–H and O–H groups in total. The molecular weight excluding hydrogens is 306 g/mol. The second kappa shape index (κ2) is 5.46. The van der Waals surface area contributed by atoms with E-state index in [4.69, 9.17) is 11.6 Å². The summed E-state index contributed by atoms with van der Waals surface area (Å²) in [6, 6.07) is 0.0623. The largest absolute Gasteiger partial charge is 0.359 e. The Hall–Kier alpha value is -1.14. The summed E-state index contributed by atoms with van der Waals surface area (Å²) in [6.07, 6.45) is 6.01. The fourth-order valence-corrected chi connectivity index (χ4v) is 1.88. The maximum absolute atomic E-state index is 5.76. The quantitative estimate of drug-likeness (QED) is 0.850. The molecule has 2 heterocycles. The molecule has 2 aromatic heterocycles. The molecule has 0 aliphatic carbocycles. The van der Waals surface area contributed by atoms with Crippen molar-refractivity contribution in [1.29, 1.82) is 0 Å². The standard InChI is InChI=1S/C10H11BrClN5/c1-2-7(9-13-3-4-14-9)16-8-6(11)5-15-10(12)17-8/h3-5,7H,2H2,1H3,(H,13,14)(H,15,16,17). The smallest absolute Gasteiger partial charge is 0.224 e. The van der Waals surface area contributed by atoms with Crippen molar-refractivity contribution in [2.75, 3.05) is 5.32 Å². The molecule has 1 unspecified atom stereocenters. The molecule has 0 saturated heterocycles. The predicted molar refractivity (Wildman–Crippen MR) is 70.0 cm³/mol. The van der Waals surface area contributed by atoms with Gasteiger partial charge in [0.1, 0.15) is 11.6 Å². The van der Waals surface area contributed by atoms with Gasteiger partial charge in [-0.2, -0.15) is 4.98 Å². The lowest BCUT2D eigenvalue weighted by Crippen LogP contribution is -2.13. The summed E-state index contributed by atoms with van der Waals surface area (Å²) in [5.74, 6) is 1.53. The van der Waals surface area contributed by atoms with E-state index in [0.29, 0.717) is 5.82 Å². The summed E-state index contributed by atoms with van der Waals surface area (Å²) < 4.78 is 0.770. The summed E-state index contributed by atoms with van der Waals surface area (Å²) in [4.78, 5) is 15.3. The van der Waals surface area contributed by atoms with E-state index in [1.54, 1.807) is 18.6 Å². The molecule has 0 aromatic carbocycles. The fraction of sp³-hybridized carbons (Fsp3) is 0.300. The average molecular weight is 317 g/mol. The van der Waals surface area contributed by atoms with Gasteiger partial charge in [0.15, 0.2) is 0 Å². The number of halogens is 2. The van der Waals surface area contributed by atoms with Gasteiger partial charge in [-0.05, 0) is 34.0 Å². The number of nitrogens with one attached hydrogen (secondary N) is 2. The van der Waals surface area contributed by atoms with E-state index in [1.807, 2.05) is 0 Å². The first-order valence-corrected chi connectivity index (χ1v) is 6.31. The van der Waals surface area contributed by atoms with Gasteiger partial charge in [0.2, 0.25) is 5.28 Å². The van der Waals surface area contributed by atoms with Crippen molar-refractivity contribution in [2.24, 2.45) is 0 Å². The number of anilines is 1. The Morgan fingerprint density at radius 3 is 3.00 bits per heavy atom. The van der Waals surface area contributed by atoms with Crippen LogP contribution in [0.1, 0.15) is 25.2 Å². The highest BCUT2D eigenvalue weighted by molar-refractivity contribution is 9.10. The zero-order valence-electron chi connectivity index (χ0n) is 9.11. The lowest BCUT2D eigenvalue weighted by molar-refractivity contribution is 0.699. The Balaban J connectivity index is 2.21. The van der Waals surface area contributed by atoms with E-state index >= 15 is 0 Å². The number of aromatic amines is 1. The average Bonchev–Trinajstić information content (AvgIpc) is 2.84. The molecule has 7 heteroatoms. The van der Waals surface area contributed by atoms with Crippen LogP contribution in [0.25, 0.3) is 0 Å². The minimum Gasteiger partial charge on any atom is -0.359 e. The molecule has 17 heavy (non-hydrogen) atoms. The molecule has 0 spiro atoms. The number of hydrogen-bond donors (Lipinski definition) is 2. The Bertz CT molecular complexity index is 487. The highest BCUT2D eigenvalue weighted by Crippen LogP contribution is 2.25. The molecule has 0 aliphatic heterocycles. The second-order valence-corrected chi connectivity index (χ2v) is 4.61. The number of aromatic nitrogens is 4. The molecule has 0 saturated carbocycles. The minimum atomic E-state index is 0.0623. The van der Waals surface area contributed by atoms with Gasteiger partial charge in [-0.25, -0.2) is 9.97 Å². The van der Waals surface area contributed by atoms with E-state index in [-0.39, 0.29) is 11.3 Å².